The third-order valence-electron chi connectivity index (χ3n) is 3.15. The van der Waals surface area contributed by atoms with Gasteiger partial charge in [-0.3, -0.25) is 4.79 Å². The van der Waals surface area contributed by atoms with Gasteiger partial charge in [0.2, 0.25) is 0 Å². The maximum absolute atomic E-state index is 12.0. The minimum Gasteiger partial charge on any atom is -0.480 e. The average molecular weight is 269 g/mol. The van der Waals surface area contributed by atoms with E-state index in [9.17, 15) is 9.59 Å². The number of aryl methyl sites for hydroxylation is 1. The lowest BCUT2D eigenvalue weighted by Crippen LogP contribution is -2.59. The molecule has 1 saturated carbocycles. The van der Waals surface area contributed by atoms with E-state index in [-0.39, 0.29) is 5.15 Å². The summed E-state index contributed by atoms with van der Waals surface area (Å²) in [6, 6.07) is 3.01. The molecule has 0 radical (unpaired) electrons. The number of carbonyl (C=O) groups is 2. The van der Waals surface area contributed by atoms with E-state index < -0.39 is 17.4 Å². The Hall–Kier alpha value is -1.62. The molecule has 0 spiro atoms. The van der Waals surface area contributed by atoms with Gasteiger partial charge < -0.3 is 10.4 Å². The number of carboxylic acids is 1. The Morgan fingerprint density at radius 2 is 2.11 bits per heavy atom. The molecule has 0 unspecified atom stereocenters. The summed E-state index contributed by atoms with van der Waals surface area (Å²) in [5.41, 5.74) is -0.161. The summed E-state index contributed by atoms with van der Waals surface area (Å²) < 4.78 is 0. The van der Waals surface area contributed by atoms with E-state index in [0.717, 1.165) is 6.42 Å². The largest absolute Gasteiger partial charge is 0.480 e. The average Bonchev–Trinajstić information content (AvgIpc) is 2.21. The van der Waals surface area contributed by atoms with Crippen LogP contribution in [-0.4, -0.2) is 27.5 Å². The molecule has 1 heterocycles. The molecular formula is C12H13ClN2O3. The number of carbonyl (C=O) groups excluding carboxylic acids is 1. The van der Waals surface area contributed by atoms with Gasteiger partial charge in [0.25, 0.3) is 5.91 Å². The van der Waals surface area contributed by atoms with Crippen LogP contribution >= 0.6 is 11.6 Å². The lowest BCUT2D eigenvalue weighted by molar-refractivity contribution is -0.148. The fourth-order valence-electron chi connectivity index (χ4n) is 1.97. The SMILES string of the molecule is Cc1cc(C(=O)NC2(C(=O)O)CCC2)cc(Cl)n1. The van der Waals surface area contributed by atoms with E-state index in [0.29, 0.717) is 24.1 Å². The van der Waals surface area contributed by atoms with Crippen LogP contribution in [-0.2, 0) is 4.79 Å². The maximum Gasteiger partial charge on any atom is 0.329 e. The van der Waals surface area contributed by atoms with Gasteiger partial charge in [-0.1, -0.05) is 11.6 Å². The topological polar surface area (TPSA) is 79.3 Å². The summed E-state index contributed by atoms with van der Waals surface area (Å²) in [5, 5.41) is 11.9. The molecule has 2 N–H and O–H groups in total. The summed E-state index contributed by atoms with van der Waals surface area (Å²) in [7, 11) is 0. The number of nitrogens with one attached hydrogen (secondary N) is 1. The van der Waals surface area contributed by atoms with E-state index in [1.807, 2.05) is 0 Å². The minimum atomic E-state index is -1.11. The van der Waals surface area contributed by atoms with E-state index in [4.69, 9.17) is 16.7 Å². The Labute approximate surface area is 109 Å². The Morgan fingerprint density at radius 1 is 1.44 bits per heavy atom. The van der Waals surface area contributed by atoms with Gasteiger partial charge in [-0.05, 0) is 38.3 Å². The second-order valence-corrected chi connectivity index (χ2v) is 4.90. The first kappa shape index (κ1) is 12.8. The molecule has 0 saturated heterocycles. The van der Waals surface area contributed by atoms with Crippen LogP contribution in [0.3, 0.4) is 0 Å². The van der Waals surface area contributed by atoms with Crippen molar-refractivity contribution < 1.29 is 14.7 Å². The molecule has 0 atom stereocenters. The van der Waals surface area contributed by atoms with E-state index in [2.05, 4.69) is 10.3 Å². The van der Waals surface area contributed by atoms with E-state index in [1.54, 1.807) is 13.0 Å². The molecule has 0 bridgehead atoms. The Bertz CT molecular complexity index is 492. The number of amides is 1. The van der Waals surface area contributed by atoms with Gasteiger partial charge in [-0.2, -0.15) is 0 Å². The Kier molecular flexibility index (Phi) is 3.26. The highest BCUT2D eigenvalue weighted by molar-refractivity contribution is 6.29. The number of nitrogens with zero attached hydrogens (tertiary/aromatic N) is 1. The van der Waals surface area contributed by atoms with Crippen LogP contribution in [0.1, 0.15) is 35.3 Å². The van der Waals surface area contributed by atoms with Crippen molar-refractivity contribution in [1.82, 2.24) is 10.3 Å². The molecule has 1 aromatic heterocycles. The van der Waals surface area contributed by atoms with Crippen LogP contribution in [0.15, 0.2) is 12.1 Å². The fourth-order valence-corrected chi connectivity index (χ4v) is 2.22. The lowest BCUT2D eigenvalue weighted by atomic mass is 9.76. The van der Waals surface area contributed by atoms with Crippen molar-refractivity contribution in [2.45, 2.75) is 31.7 Å². The number of rotatable bonds is 3. The summed E-state index contributed by atoms with van der Waals surface area (Å²) in [6.07, 6.45) is 1.74. The highest BCUT2D eigenvalue weighted by atomic mass is 35.5. The van der Waals surface area contributed by atoms with Crippen LogP contribution in [0.4, 0.5) is 0 Å². The molecule has 18 heavy (non-hydrogen) atoms. The number of aromatic nitrogens is 1. The van der Waals surface area contributed by atoms with Crippen molar-refractivity contribution in [2.75, 3.05) is 0 Å². The number of pyridine rings is 1. The number of halogens is 1. The highest BCUT2D eigenvalue weighted by Gasteiger charge is 2.45. The maximum atomic E-state index is 12.0. The molecule has 1 amide bonds. The van der Waals surface area contributed by atoms with Crippen LogP contribution in [0.2, 0.25) is 5.15 Å². The molecule has 0 aromatic carbocycles. The van der Waals surface area contributed by atoms with E-state index >= 15 is 0 Å². The van der Waals surface area contributed by atoms with Gasteiger partial charge in [0, 0.05) is 11.3 Å². The van der Waals surface area contributed by atoms with Gasteiger partial charge in [0.15, 0.2) is 0 Å². The van der Waals surface area contributed by atoms with Gasteiger partial charge in [-0.15, -0.1) is 0 Å². The van der Waals surface area contributed by atoms with Crippen molar-refractivity contribution in [3.05, 3.63) is 28.5 Å². The predicted molar refractivity (Wildman–Crippen MR) is 65.7 cm³/mol. The monoisotopic (exact) mass is 268 g/mol. The Morgan fingerprint density at radius 3 is 2.56 bits per heavy atom. The van der Waals surface area contributed by atoms with Crippen molar-refractivity contribution >= 4 is 23.5 Å². The zero-order valence-corrected chi connectivity index (χ0v) is 10.6. The summed E-state index contributed by atoms with van der Waals surface area (Å²) in [4.78, 5) is 27.1. The van der Waals surface area contributed by atoms with Gasteiger partial charge >= 0.3 is 5.97 Å². The van der Waals surface area contributed by atoms with Gasteiger partial charge in [0.05, 0.1) is 0 Å². The minimum absolute atomic E-state index is 0.220. The molecule has 1 aliphatic carbocycles. The standard InChI is InChI=1S/C12H13ClN2O3/c1-7-5-8(6-9(13)14-7)10(16)15-12(11(17)18)3-2-4-12/h5-6H,2-4H2,1H3,(H,15,16)(H,17,18). The first-order valence-electron chi connectivity index (χ1n) is 5.63. The smallest absolute Gasteiger partial charge is 0.329 e. The first-order chi connectivity index (χ1) is 8.43. The molecule has 96 valence electrons. The lowest BCUT2D eigenvalue weighted by Gasteiger charge is -2.38. The fraction of sp³-hybridized carbons (Fsp3) is 0.417. The normalized spacial score (nSPS) is 16.8. The van der Waals surface area contributed by atoms with Crippen LogP contribution in [0.25, 0.3) is 0 Å². The van der Waals surface area contributed by atoms with Crippen molar-refractivity contribution in [3.63, 3.8) is 0 Å². The van der Waals surface area contributed by atoms with Crippen LogP contribution < -0.4 is 5.32 Å². The van der Waals surface area contributed by atoms with Crippen LogP contribution in [0, 0.1) is 6.92 Å². The first-order valence-corrected chi connectivity index (χ1v) is 6.01. The number of hydrogen-bond donors (Lipinski definition) is 2. The molecule has 2 rings (SSSR count). The zero-order chi connectivity index (χ0) is 13.3. The quantitative estimate of drug-likeness (QED) is 0.819. The second-order valence-electron chi connectivity index (χ2n) is 4.51. The number of hydrogen-bond acceptors (Lipinski definition) is 3. The molecule has 5 nitrogen and oxygen atoms in total. The summed E-state index contributed by atoms with van der Waals surface area (Å²) in [5.74, 6) is -1.41. The molecule has 1 aromatic rings. The number of carboxylic acid groups (broad SMARTS) is 1. The van der Waals surface area contributed by atoms with Crippen molar-refractivity contribution in [1.29, 1.82) is 0 Å². The summed E-state index contributed by atoms with van der Waals surface area (Å²) in [6.45, 7) is 1.72. The third-order valence-corrected chi connectivity index (χ3v) is 3.35. The zero-order valence-electron chi connectivity index (χ0n) is 9.86. The van der Waals surface area contributed by atoms with Crippen LogP contribution in [0.5, 0.6) is 0 Å². The van der Waals surface area contributed by atoms with Gasteiger partial charge in [0.1, 0.15) is 10.7 Å². The molecule has 1 aliphatic rings. The number of aliphatic carboxylic acids is 1. The highest BCUT2D eigenvalue weighted by Crippen LogP contribution is 2.32. The third kappa shape index (κ3) is 2.31. The van der Waals surface area contributed by atoms with Gasteiger partial charge in [-0.25, -0.2) is 9.78 Å². The van der Waals surface area contributed by atoms with Crippen molar-refractivity contribution in [2.24, 2.45) is 0 Å². The molecule has 1 fully saturated rings. The predicted octanol–water partition coefficient (Wildman–Crippen LogP) is 1.78. The second kappa shape index (κ2) is 4.57. The molecular weight excluding hydrogens is 256 g/mol. The Balaban J connectivity index is 2.19. The molecule has 0 aliphatic heterocycles. The van der Waals surface area contributed by atoms with Crippen molar-refractivity contribution in [3.8, 4) is 0 Å². The summed E-state index contributed by atoms with van der Waals surface area (Å²) >= 11 is 5.77. The molecule has 6 heteroatoms. The van der Waals surface area contributed by atoms with E-state index in [1.165, 1.54) is 6.07 Å².